The smallest absolute Gasteiger partial charge is 0.0672 e. The van der Waals surface area contributed by atoms with Crippen molar-refractivity contribution in [3.63, 3.8) is 0 Å². The molecule has 1 aliphatic carbocycles. The lowest BCUT2D eigenvalue weighted by atomic mass is 10.0. The maximum absolute atomic E-state index is 9.00. The monoisotopic (exact) mass is 182 g/mol. The molecular weight excluding hydrogens is 164 g/mol. The predicted octanol–water partition coefficient (Wildman–Crippen LogP) is 0.991. The Labute approximate surface area is 80.0 Å². The Hall–Kier alpha value is -0.590. The highest BCUT2D eigenvalue weighted by atomic mass is 16.3. The molecule has 0 heterocycles. The van der Waals surface area contributed by atoms with Gasteiger partial charge >= 0.3 is 0 Å². The van der Waals surface area contributed by atoms with E-state index >= 15 is 0 Å². The van der Waals surface area contributed by atoms with Gasteiger partial charge in [-0.2, -0.15) is 5.26 Å². The summed E-state index contributed by atoms with van der Waals surface area (Å²) in [6.45, 7) is 2.16. The normalized spacial score (nSPS) is 30.4. The molecule has 3 atom stereocenters. The first-order valence-corrected chi connectivity index (χ1v) is 4.93. The van der Waals surface area contributed by atoms with Gasteiger partial charge in [-0.1, -0.05) is 6.42 Å². The lowest BCUT2D eigenvalue weighted by molar-refractivity contribution is 0.111. The van der Waals surface area contributed by atoms with Crippen LogP contribution in [0.1, 0.15) is 26.2 Å². The summed E-state index contributed by atoms with van der Waals surface area (Å²) in [6.07, 6.45) is 3.26. The Bertz CT molecular complexity index is 200. The van der Waals surface area contributed by atoms with Crippen molar-refractivity contribution in [1.82, 2.24) is 4.90 Å². The van der Waals surface area contributed by atoms with Gasteiger partial charge in [0.1, 0.15) is 0 Å². The number of nitriles is 1. The van der Waals surface area contributed by atoms with Gasteiger partial charge in [0.15, 0.2) is 0 Å². The van der Waals surface area contributed by atoms with E-state index in [1.54, 1.807) is 0 Å². The zero-order valence-corrected chi connectivity index (χ0v) is 8.40. The van der Waals surface area contributed by atoms with E-state index in [1.165, 1.54) is 0 Å². The van der Waals surface area contributed by atoms with E-state index < -0.39 is 0 Å². The summed E-state index contributed by atoms with van der Waals surface area (Å²) in [5, 5.41) is 17.9. The van der Waals surface area contributed by atoms with Crippen LogP contribution in [-0.4, -0.2) is 35.7 Å². The summed E-state index contributed by atoms with van der Waals surface area (Å²) in [5.74, 6) is 0.166. The molecule has 0 amide bonds. The standard InChI is InChI=1S/C10H18N2O/c1-8(7-13)12(2)10-5-3-4-9(10)6-11/h8-10,13H,3-5,7H2,1-2H3. The maximum atomic E-state index is 9.00. The number of aliphatic hydroxyl groups is 1. The Kier molecular flexibility index (Phi) is 3.71. The summed E-state index contributed by atoms with van der Waals surface area (Å²) in [7, 11) is 2.00. The molecule has 1 aliphatic rings. The highest BCUT2D eigenvalue weighted by molar-refractivity contribution is 4.97. The van der Waals surface area contributed by atoms with Gasteiger partial charge in [-0.25, -0.2) is 0 Å². The molecule has 1 saturated carbocycles. The van der Waals surface area contributed by atoms with Crippen LogP contribution in [0.2, 0.25) is 0 Å². The fraction of sp³-hybridized carbons (Fsp3) is 0.900. The van der Waals surface area contributed by atoms with E-state index in [1.807, 2.05) is 14.0 Å². The molecule has 3 nitrogen and oxygen atoms in total. The second kappa shape index (κ2) is 4.59. The van der Waals surface area contributed by atoms with E-state index in [9.17, 15) is 0 Å². The van der Waals surface area contributed by atoms with Gasteiger partial charge < -0.3 is 5.11 Å². The van der Waals surface area contributed by atoms with Crippen LogP contribution in [-0.2, 0) is 0 Å². The molecule has 0 spiro atoms. The molecule has 1 fully saturated rings. The van der Waals surface area contributed by atoms with Crippen LogP contribution in [0.3, 0.4) is 0 Å². The Balaban J connectivity index is 2.55. The molecule has 0 aromatic rings. The highest BCUT2D eigenvalue weighted by Gasteiger charge is 2.31. The number of nitrogens with zero attached hydrogens (tertiary/aromatic N) is 2. The molecular formula is C10H18N2O. The second-order valence-corrected chi connectivity index (χ2v) is 3.93. The quantitative estimate of drug-likeness (QED) is 0.708. The van der Waals surface area contributed by atoms with Crippen molar-refractivity contribution < 1.29 is 5.11 Å². The van der Waals surface area contributed by atoms with Crippen molar-refractivity contribution >= 4 is 0 Å². The van der Waals surface area contributed by atoms with E-state index in [0.29, 0.717) is 6.04 Å². The summed E-state index contributed by atoms with van der Waals surface area (Å²) >= 11 is 0. The van der Waals surface area contributed by atoms with Crippen LogP contribution in [0.15, 0.2) is 0 Å². The first-order valence-electron chi connectivity index (χ1n) is 4.93. The van der Waals surface area contributed by atoms with Crippen molar-refractivity contribution in [3.8, 4) is 6.07 Å². The van der Waals surface area contributed by atoms with Gasteiger partial charge in [-0.3, -0.25) is 4.90 Å². The van der Waals surface area contributed by atoms with Crippen molar-refractivity contribution in [2.24, 2.45) is 5.92 Å². The highest BCUT2D eigenvalue weighted by Crippen LogP contribution is 2.29. The third kappa shape index (κ3) is 2.20. The molecule has 13 heavy (non-hydrogen) atoms. The van der Waals surface area contributed by atoms with E-state index in [-0.39, 0.29) is 18.6 Å². The first-order chi connectivity index (χ1) is 6.20. The molecule has 0 aliphatic heterocycles. The maximum Gasteiger partial charge on any atom is 0.0672 e. The van der Waals surface area contributed by atoms with Gasteiger partial charge in [0.2, 0.25) is 0 Å². The molecule has 1 rings (SSSR count). The van der Waals surface area contributed by atoms with Gasteiger partial charge in [0.25, 0.3) is 0 Å². The van der Waals surface area contributed by atoms with Crippen LogP contribution < -0.4 is 0 Å². The van der Waals surface area contributed by atoms with Crippen molar-refractivity contribution in [2.45, 2.75) is 38.3 Å². The average molecular weight is 182 g/mol. The topological polar surface area (TPSA) is 47.3 Å². The lowest BCUT2D eigenvalue weighted by Gasteiger charge is -2.31. The molecule has 3 heteroatoms. The summed E-state index contributed by atoms with van der Waals surface area (Å²) in [4.78, 5) is 2.14. The SMILES string of the molecule is CC(CO)N(C)C1CCCC1C#N. The number of aliphatic hydroxyl groups excluding tert-OH is 1. The van der Waals surface area contributed by atoms with Gasteiger partial charge in [0, 0.05) is 12.1 Å². The minimum Gasteiger partial charge on any atom is -0.395 e. The fourth-order valence-electron chi connectivity index (χ4n) is 2.03. The number of hydrogen-bond donors (Lipinski definition) is 1. The Morgan fingerprint density at radius 2 is 2.31 bits per heavy atom. The van der Waals surface area contributed by atoms with E-state index in [2.05, 4.69) is 11.0 Å². The average Bonchev–Trinajstić information content (AvgIpc) is 2.62. The summed E-state index contributed by atoms with van der Waals surface area (Å²) < 4.78 is 0. The molecule has 0 aromatic carbocycles. The molecule has 0 saturated heterocycles. The largest absolute Gasteiger partial charge is 0.395 e. The van der Waals surface area contributed by atoms with Crippen molar-refractivity contribution in [3.05, 3.63) is 0 Å². The van der Waals surface area contributed by atoms with Gasteiger partial charge in [0.05, 0.1) is 18.6 Å². The van der Waals surface area contributed by atoms with Crippen LogP contribution in [0, 0.1) is 17.2 Å². The lowest BCUT2D eigenvalue weighted by Crippen LogP contribution is -2.42. The summed E-state index contributed by atoms with van der Waals surface area (Å²) in [6, 6.07) is 2.87. The van der Waals surface area contributed by atoms with Crippen LogP contribution >= 0.6 is 0 Å². The number of hydrogen-bond acceptors (Lipinski definition) is 3. The molecule has 1 N–H and O–H groups in total. The molecule has 0 radical (unpaired) electrons. The van der Waals surface area contributed by atoms with Gasteiger partial charge in [-0.05, 0) is 26.8 Å². The molecule has 0 bridgehead atoms. The van der Waals surface area contributed by atoms with E-state index in [4.69, 9.17) is 10.4 Å². The first kappa shape index (κ1) is 10.5. The number of rotatable bonds is 3. The second-order valence-electron chi connectivity index (χ2n) is 3.93. The number of likely N-dealkylation sites (N-methyl/N-ethyl adjacent to an activating group) is 1. The third-order valence-corrected chi connectivity index (χ3v) is 3.13. The van der Waals surface area contributed by atoms with E-state index in [0.717, 1.165) is 19.3 Å². The fourth-order valence-corrected chi connectivity index (χ4v) is 2.03. The molecule has 0 aromatic heterocycles. The minimum absolute atomic E-state index is 0.166. The van der Waals surface area contributed by atoms with Crippen molar-refractivity contribution in [2.75, 3.05) is 13.7 Å². The van der Waals surface area contributed by atoms with Crippen LogP contribution in [0.25, 0.3) is 0 Å². The Morgan fingerprint density at radius 3 is 2.85 bits per heavy atom. The van der Waals surface area contributed by atoms with Crippen molar-refractivity contribution in [1.29, 1.82) is 5.26 Å². The van der Waals surface area contributed by atoms with Gasteiger partial charge in [-0.15, -0.1) is 0 Å². The summed E-state index contributed by atoms with van der Waals surface area (Å²) in [5.41, 5.74) is 0. The third-order valence-electron chi connectivity index (χ3n) is 3.13. The predicted molar refractivity (Wildman–Crippen MR) is 51.1 cm³/mol. The molecule has 3 unspecified atom stereocenters. The Morgan fingerprint density at radius 1 is 1.62 bits per heavy atom. The van der Waals surface area contributed by atoms with Crippen LogP contribution in [0.4, 0.5) is 0 Å². The van der Waals surface area contributed by atoms with Crippen LogP contribution in [0.5, 0.6) is 0 Å². The zero-order valence-electron chi connectivity index (χ0n) is 8.40. The minimum atomic E-state index is 0.166. The molecule has 74 valence electrons. The zero-order chi connectivity index (χ0) is 9.84.